The fraction of sp³-hybridized carbons (Fsp3) is 0.346. The Morgan fingerprint density at radius 1 is 1.19 bits per heavy atom. The number of anilines is 1. The molecule has 0 spiro atoms. The maximum atomic E-state index is 14.3. The summed E-state index contributed by atoms with van der Waals surface area (Å²) in [6.45, 7) is 0.440. The van der Waals surface area contributed by atoms with Gasteiger partial charge in [-0.05, 0) is 37.0 Å². The van der Waals surface area contributed by atoms with Crippen molar-refractivity contribution in [3.63, 3.8) is 0 Å². The van der Waals surface area contributed by atoms with Crippen molar-refractivity contribution in [2.75, 3.05) is 19.0 Å². The van der Waals surface area contributed by atoms with Gasteiger partial charge in [0.05, 0.1) is 28.9 Å². The molecule has 36 heavy (non-hydrogen) atoms. The van der Waals surface area contributed by atoms with Gasteiger partial charge in [-0.1, -0.05) is 41.9 Å². The number of primary amides is 1. The number of nitrogens with two attached hydrogens (primary N) is 1. The van der Waals surface area contributed by atoms with Crippen molar-refractivity contribution in [3.05, 3.63) is 65.1 Å². The van der Waals surface area contributed by atoms with Gasteiger partial charge in [-0.25, -0.2) is 14.0 Å². The number of hydrogen-bond donors (Lipinski definition) is 2. The number of ketones is 1. The van der Waals surface area contributed by atoms with E-state index in [9.17, 15) is 18.8 Å². The lowest BCUT2D eigenvalue weighted by Crippen LogP contribution is -2.45. The van der Waals surface area contributed by atoms with Crippen molar-refractivity contribution < 1.29 is 23.5 Å². The molecule has 2 fully saturated rings. The second kappa shape index (κ2) is 9.22. The molecule has 10 heteroatoms. The number of nitrogens with zero attached hydrogens (tertiary/aromatic N) is 2. The number of rotatable bonds is 7. The number of methoxy groups -OCH3 is 1. The highest BCUT2D eigenvalue weighted by Gasteiger charge is 2.67. The second-order valence-corrected chi connectivity index (χ2v) is 9.93. The van der Waals surface area contributed by atoms with Gasteiger partial charge in [-0.2, -0.15) is 0 Å². The number of para-hydroxylation sites is 1. The summed E-state index contributed by atoms with van der Waals surface area (Å²) in [6, 6.07) is 9.88. The molecule has 188 valence electrons. The predicted octanol–water partition coefficient (Wildman–Crippen LogP) is 4.57. The zero-order chi connectivity index (χ0) is 25.6. The van der Waals surface area contributed by atoms with Crippen LogP contribution in [0.1, 0.15) is 24.8 Å². The molecule has 0 bridgehead atoms. The van der Waals surface area contributed by atoms with E-state index >= 15 is 0 Å². The molecule has 2 aromatic carbocycles. The number of nitrogens with one attached hydrogen (secondary N) is 1. The van der Waals surface area contributed by atoms with E-state index in [1.807, 2.05) is 0 Å². The van der Waals surface area contributed by atoms with Crippen molar-refractivity contribution >= 4 is 46.0 Å². The van der Waals surface area contributed by atoms with Crippen LogP contribution in [0.4, 0.5) is 19.7 Å². The first-order chi connectivity index (χ1) is 17.3. The van der Waals surface area contributed by atoms with Crippen LogP contribution < -0.4 is 11.1 Å². The first kappa shape index (κ1) is 24.3. The molecule has 2 aliphatic rings. The summed E-state index contributed by atoms with van der Waals surface area (Å²) in [7, 11) is 1.60. The Bertz CT molecular complexity index is 1380. The van der Waals surface area contributed by atoms with Gasteiger partial charge in [-0.3, -0.25) is 9.36 Å². The van der Waals surface area contributed by atoms with Gasteiger partial charge in [0.1, 0.15) is 5.82 Å². The summed E-state index contributed by atoms with van der Waals surface area (Å²) in [4.78, 5) is 40.3. The molecular weight excluding hydrogens is 487 g/mol. The van der Waals surface area contributed by atoms with E-state index in [1.165, 1.54) is 16.8 Å². The number of benzene rings is 2. The van der Waals surface area contributed by atoms with Crippen molar-refractivity contribution in [3.8, 4) is 0 Å². The van der Waals surface area contributed by atoms with Gasteiger partial charge < -0.3 is 20.7 Å². The molecule has 1 saturated heterocycles. The minimum Gasteiger partial charge on any atom is -0.384 e. The Kier molecular flexibility index (Phi) is 6.22. The van der Waals surface area contributed by atoms with Gasteiger partial charge in [0.2, 0.25) is 0 Å². The number of ether oxygens (including phenoxy) is 1. The van der Waals surface area contributed by atoms with Crippen molar-refractivity contribution in [2.45, 2.75) is 37.8 Å². The van der Waals surface area contributed by atoms with Crippen LogP contribution in [0.25, 0.3) is 10.9 Å². The number of fused-ring (bicyclic) bond motifs is 2. The number of amides is 3. The number of Topliss-reactive ketones (excluding diaryl/α,β-unsaturated/α-hetero) is 1. The van der Waals surface area contributed by atoms with Crippen molar-refractivity contribution in [1.29, 1.82) is 0 Å². The highest BCUT2D eigenvalue weighted by molar-refractivity contribution is 6.30. The summed E-state index contributed by atoms with van der Waals surface area (Å²) in [5.74, 6) is -0.677. The summed E-state index contributed by atoms with van der Waals surface area (Å²) >= 11 is 5.87. The third-order valence-corrected chi connectivity index (χ3v) is 7.61. The minimum absolute atomic E-state index is 0.0113. The van der Waals surface area contributed by atoms with Gasteiger partial charge >= 0.3 is 12.1 Å². The van der Waals surface area contributed by atoms with Crippen LogP contribution in [-0.4, -0.2) is 53.1 Å². The first-order valence-corrected chi connectivity index (χ1v) is 12.1. The van der Waals surface area contributed by atoms with E-state index < -0.39 is 23.9 Å². The average molecular weight is 513 g/mol. The van der Waals surface area contributed by atoms with Crippen LogP contribution in [-0.2, 0) is 16.0 Å². The third-order valence-electron chi connectivity index (χ3n) is 7.32. The van der Waals surface area contributed by atoms with Crippen LogP contribution in [0.3, 0.4) is 0 Å². The molecule has 1 aliphatic heterocycles. The number of likely N-dealkylation sites (tertiary alicyclic amines) is 1. The Morgan fingerprint density at radius 3 is 2.72 bits per heavy atom. The molecule has 3 aromatic rings. The predicted molar refractivity (Wildman–Crippen MR) is 134 cm³/mol. The van der Waals surface area contributed by atoms with Gasteiger partial charge in [-0.15, -0.1) is 0 Å². The minimum atomic E-state index is -0.671. The molecule has 5 rings (SSSR count). The summed E-state index contributed by atoms with van der Waals surface area (Å²) in [5.41, 5.74) is 6.58. The van der Waals surface area contributed by atoms with Crippen molar-refractivity contribution in [2.24, 2.45) is 11.1 Å². The number of hydrogen-bond acceptors (Lipinski definition) is 4. The van der Waals surface area contributed by atoms with E-state index in [0.29, 0.717) is 35.2 Å². The number of urea groups is 1. The van der Waals surface area contributed by atoms with Crippen LogP contribution >= 0.6 is 11.6 Å². The van der Waals surface area contributed by atoms with Crippen LogP contribution in [0, 0.1) is 11.2 Å². The molecule has 3 N–H and O–H groups in total. The monoisotopic (exact) mass is 512 g/mol. The van der Waals surface area contributed by atoms with Crippen molar-refractivity contribution in [1.82, 2.24) is 9.47 Å². The van der Waals surface area contributed by atoms with E-state index in [0.717, 1.165) is 6.42 Å². The Morgan fingerprint density at radius 2 is 1.97 bits per heavy atom. The normalized spacial score (nSPS) is 22.5. The SMILES string of the molecule is COC[C@@]12C[C@@H]1N(C(=O)Nc1cn(C(N)=O)c3ccccc13)[C@H](C(=O)CCc1cccc(Cl)c1F)C2. The van der Waals surface area contributed by atoms with Gasteiger partial charge in [0.15, 0.2) is 5.78 Å². The largest absolute Gasteiger partial charge is 0.384 e. The quantitative estimate of drug-likeness (QED) is 0.483. The molecule has 1 aliphatic carbocycles. The summed E-state index contributed by atoms with van der Waals surface area (Å²) in [5, 5.41) is 3.55. The molecule has 1 saturated carbocycles. The fourth-order valence-corrected chi connectivity index (χ4v) is 5.69. The van der Waals surface area contributed by atoms with E-state index in [1.54, 1.807) is 48.4 Å². The molecule has 2 heterocycles. The number of aromatic nitrogens is 1. The molecule has 8 nitrogen and oxygen atoms in total. The Balaban J connectivity index is 1.38. The number of piperidine rings is 1. The van der Waals surface area contributed by atoms with E-state index in [4.69, 9.17) is 22.1 Å². The number of carbonyl (C=O) groups excluding carboxylic acids is 3. The fourth-order valence-electron chi connectivity index (χ4n) is 5.50. The van der Waals surface area contributed by atoms with Gasteiger partial charge in [0.25, 0.3) is 0 Å². The lowest BCUT2D eigenvalue weighted by atomic mass is 9.95. The second-order valence-electron chi connectivity index (χ2n) is 9.52. The average Bonchev–Trinajstić information content (AvgIpc) is 3.26. The molecule has 0 radical (unpaired) electrons. The summed E-state index contributed by atoms with van der Waals surface area (Å²) in [6.07, 6.45) is 2.96. The molecular formula is C26H26ClFN4O4. The number of halogens is 2. The molecule has 3 amide bonds. The smallest absolute Gasteiger partial charge is 0.323 e. The lowest BCUT2D eigenvalue weighted by molar-refractivity contribution is -0.123. The topological polar surface area (TPSA) is 107 Å². The zero-order valence-electron chi connectivity index (χ0n) is 19.7. The lowest BCUT2D eigenvalue weighted by Gasteiger charge is -2.27. The molecule has 0 unspecified atom stereocenters. The highest BCUT2D eigenvalue weighted by atomic mass is 35.5. The zero-order valence-corrected chi connectivity index (χ0v) is 20.4. The van der Waals surface area contributed by atoms with E-state index in [2.05, 4.69) is 5.32 Å². The molecule has 3 atom stereocenters. The molecule has 1 aromatic heterocycles. The summed E-state index contributed by atoms with van der Waals surface area (Å²) < 4.78 is 21.0. The Labute approximate surface area is 212 Å². The van der Waals surface area contributed by atoms with Gasteiger partial charge in [0, 0.05) is 36.6 Å². The first-order valence-electron chi connectivity index (χ1n) is 11.7. The maximum Gasteiger partial charge on any atom is 0.323 e. The van der Waals surface area contributed by atoms with Crippen LogP contribution in [0.2, 0.25) is 5.02 Å². The number of carbonyl (C=O) groups is 3. The highest BCUT2D eigenvalue weighted by Crippen LogP contribution is 2.60. The van der Waals surface area contributed by atoms with Crippen LogP contribution in [0.5, 0.6) is 0 Å². The van der Waals surface area contributed by atoms with E-state index in [-0.39, 0.29) is 35.1 Å². The Hall–Kier alpha value is -3.43. The standard InChI is InChI=1S/C26H26ClFN4O4/c1-36-14-26-11-20(21(33)10-9-15-5-4-7-17(27)23(15)28)32(22(26)12-26)25(35)30-18-13-31(24(29)34)19-8-3-2-6-16(18)19/h2-8,13,20,22H,9-12,14H2,1H3,(H2,29,34)(H,30,35)/t20-,22-,26+/m0/s1. The maximum absolute atomic E-state index is 14.3. The van der Waals surface area contributed by atoms with Crippen LogP contribution in [0.15, 0.2) is 48.7 Å². The third kappa shape index (κ3) is 4.12. The number of aryl methyl sites for hydroxylation is 1.